The van der Waals surface area contributed by atoms with E-state index in [4.69, 9.17) is 0 Å². The summed E-state index contributed by atoms with van der Waals surface area (Å²) < 4.78 is 13.1. The zero-order chi connectivity index (χ0) is 23.0. The number of benzene rings is 1. The molecule has 4 rings (SSSR count). The minimum atomic E-state index is -1.18. The van der Waals surface area contributed by atoms with Crippen LogP contribution in [0.2, 0.25) is 0 Å². The van der Waals surface area contributed by atoms with Gasteiger partial charge in [0.25, 0.3) is 5.91 Å². The molecule has 0 spiro atoms. The van der Waals surface area contributed by atoms with E-state index in [0.717, 1.165) is 0 Å². The number of allylic oxidation sites excluding steroid dienone is 1. The Morgan fingerprint density at radius 2 is 1.88 bits per heavy atom. The van der Waals surface area contributed by atoms with E-state index in [0.29, 0.717) is 25.1 Å². The van der Waals surface area contributed by atoms with Gasteiger partial charge in [-0.1, -0.05) is 12.1 Å². The smallest absolute Gasteiger partial charge is 0.275 e. The van der Waals surface area contributed by atoms with Crippen molar-refractivity contribution in [2.75, 3.05) is 32.7 Å². The van der Waals surface area contributed by atoms with E-state index in [-0.39, 0.29) is 43.8 Å². The first-order valence-corrected chi connectivity index (χ1v) is 10.5. The van der Waals surface area contributed by atoms with Crippen molar-refractivity contribution in [3.05, 3.63) is 47.1 Å². The summed E-state index contributed by atoms with van der Waals surface area (Å²) in [6, 6.07) is 5.60. The summed E-state index contributed by atoms with van der Waals surface area (Å²) in [4.78, 5) is 55.2. The van der Waals surface area contributed by atoms with Crippen molar-refractivity contribution in [3.8, 4) is 0 Å². The number of carbonyl (C=O) groups excluding carboxylic acids is 4. The van der Waals surface area contributed by atoms with Crippen molar-refractivity contribution in [2.24, 2.45) is 5.92 Å². The summed E-state index contributed by atoms with van der Waals surface area (Å²) in [6.07, 6.45) is 0.319. The second kappa shape index (κ2) is 8.70. The van der Waals surface area contributed by atoms with Gasteiger partial charge in [0.1, 0.15) is 29.4 Å². The first kappa shape index (κ1) is 21.9. The van der Waals surface area contributed by atoms with Gasteiger partial charge in [-0.3, -0.25) is 24.1 Å². The second-order valence-corrected chi connectivity index (χ2v) is 8.37. The predicted octanol–water partition coefficient (Wildman–Crippen LogP) is 0.175. The van der Waals surface area contributed by atoms with Gasteiger partial charge in [-0.25, -0.2) is 4.39 Å². The van der Waals surface area contributed by atoms with Gasteiger partial charge in [-0.15, -0.1) is 0 Å². The number of aliphatic hydroxyl groups is 1. The van der Waals surface area contributed by atoms with Crippen LogP contribution in [0.3, 0.4) is 0 Å². The molecule has 0 aliphatic carbocycles. The van der Waals surface area contributed by atoms with Gasteiger partial charge in [0.2, 0.25) is 11.7 Å². The average Bonchev–Trinajstić information content (AvgIpc) is 2.76. The molecule has 10 heteroatoms. The summed E-state index contributed by atoms with van der Waals surface area (Å²) >= 11 is 0. The molecule has 3 heterocycles. The van der Waals surface area contributed by atoms with E-state index < -0.39 is 35.1 Å². The average molecular weight is 444 g/mol. The molecule has 1 aromatic carbocycles. The van der Waals surface area contributed by atoms with Crippen LogP contribution < -0.4 is 5.32 Å². The molecule has 2 amide bonds. The summed E-state index contributed by atoms with van der Waals surface area (Å²) in [6.45, 7) is 3.16. The fourth-order valence-electron chi connectivity index (χ4n) is 4.54. The first-order valence-electron chi connectivity index (χ1n) is 10.5. The van der Waals surface area contributed by atoms with Crippen LogP contribution in [0.4, 0.5) is 4.39 Å². The molecule has 32 heavy (non-hydrogen) atoms. The van der Waals surface area contributed by atoms with Gasteiger partial charge in [-0.2, -0.15) is 0 Å². The zero-order valence-electron chi connectivity index (χ0n) is 17.7. The van der Waals surface area contributed by atoms with E-state index in [1.807, 2.05) is 4.90 Å². The maximum absolute atomic E-state index is 13.1. The van der Waals surface area contributed by atoms with E-state index >= 15 is 0 Å². The van der Waals surface area contributed by atoms with Crippen LogP contribution in [0.15, 0.2) is 35.7 Å². The van der Waals surface area contributed by atoms with Crippen LogP contribution in [0, 0.1) is 11.7 Å². The Morgan fingerprint density at radius 3 is 2.56 bits per heavy atom. The van der Waals surface area contributed by atoms with Crippen LogP contribution in [-0.2, 0) is 25.7 Å². The highest BCUT2D eigenvalue weighted by atomic mass is 19.1. The number of rotatable bonds is 5. The maximum atomic E-state index is 13.1. The van der Waals surface area contributed by atoms with Crippen LogP contribution in [-0.4, -0.2) is 82.1 Å². The standard InChI is InChI=1S/C22H25FN4O5/c1-13(28)10-25-7-2-8-27-17(25)12-26-11-16(19(29)20(30)18(26)22(27)32)21(31)24-9-14-3-5-15(23)6-4-14/h3-6,16-17,30H,2,7-12H2,1H3,(H,24,31). The van der Waals surface area contributed by atoms with Crippen LogP contribution in [0.25, 0.3) is 0 Å². The van der Waals surface area contributed by atoms with Gasteiger partial charge >= 0.3 is 0 Å². The number of hydrogen-bond donors (Lipinski definition) is 2. The number of nitrogens with one attached hydrogen (secondary N) is 1. The van der Waals surface area contributed by atoms with Gasteiger partial charge in [-0.05, 0) is 31.0 Å². The highest BCUT2D eigenvalue weighted by Gasteiger charge is 2.48. The van der Waals surface area contributed by atoms with Crippen molar-refractivity contribution in [1.29, 1.82) is 0 Å². The minimum Gasteiger partial charge on any atom is -0.503 e. The topological polar surface area (TPSA) is 110 Å². The third-order valence-electron chi connectivity index (χ3n) is 6.09. The predicted molar refractivity (Wildman–Crippen MR) is 110 cm³/mol. The van der Waals surface area contributed by atoms with Crippen molar-refractivity contribution in [3.63, 3.8) is 0 Å². The molecule has 1 aromatic rings. The summed E-state index contributed by atoms with van der Waals surface area (Å²) in [5, 5.41) is 13.2. The van der Waals surface area contributed by atoms with Crippen molar-refractivity contribution < 1.29 is 28.7 Å². The van der Waals surface area contributed by atoms with Crippen LogP contribution >= 0.6 is 0 Å². The Bertz CT molecular complexity index is 993. The van der Waals surface area contributed by atoms with E-state index in [2.05, 4.69) is 5.32 Å². The number of Topliss-reactive ketones (excluding diaryl/α,β-unsaturated/α-hetero) is 2. The van der Waals surface area contributed by atoms with E-state index in [9.17, 15) is 28.7 Å². The number of ketones is 2. The molecule has 2 N–H and O–H groups in total. The number of aliphatic hydroxyl groups excluding tert-OH is 1. The fourth-order valence-corrected chi connectivity index (χ4v) is 4.54. The summed E-state index contributed by atoms with van der Waals surface area (Å²) in [5.74, 6) is -4.13. The SMILES string of the molecule is CC(=O)CN1CCCN2C(=O)C3=C(O)C(=O)C(C(=O)NCc4ccc(F)cc4)CN3CC12. The summed E-state index contributed by atoms with van der Waals surface area (Å²) in [5.41, 5.74) is 0.577. The maximum Gasteiger partial charge on any atom is 0.275 e. The van der Waals surface area contributed by atoms with Gasteiger partial charge in [0.05, 0.1) is 13.1 Å². The van der Waals surface area contributed by atoms with Crippen LogP contribution in [0.1, 0.15) is 18.9 Å². The highest BCUT2D eigenvalue weighted by Crippen LogP contribution is 2.31. The monoisotopic (exact) mass is 444 g/mol. The first-order chi connectivity index (χ1) is 15.3. The lowest BCUT2D eigenvalue weighted by Gasteiger charge is -2.51. The minimum absolute atomic E-state index is 0.0182. The zero-order valence-corrected chi connectivity index (χ0v) is 17.7. The number of hydrogen-bond acceptors (Lipinski definition) is 7. The number of halogens is 1. The molecule has 170 valence electrons. The van der Waals surface area contributed by atoms with Gasteiger partial charge < -0.3 is 20.2 Å². The van der Waals surface area contributed by atoms with E-state index in [1.54, 1.807) is 9.80 Å². The molecular weight excluding hydrogens is 419 g/mol. The van der Waals surface area contributed by atoms with Gasteiger partial charge in [0, 0.05) is 26.2 Å². The molecule has 0 bridgehead atoms. The number of piperazine rings is 1. The Kier molecular flexibility index (Phi) is 5.96. The second-order valence-electron chi connectivity index (χ2n) is 8.37. The quantitative estimate of drug-likeness (QED) is 0.624. The molecular formula is C22H25FN4O5. The molecule has 2 fully saturated rings. The molecule has 3 aliphatic rings. The fraction of sp³-hybridized carbons (Fsp3) is 0.455. The van der Waals surface area contributed by atoms with Crippen molar-refractivity contribution >= 4 is 23.4 Å². The van der Waals surface area contributed by atoms with Crippen LogP contribution in [0.5, 0.6) is 0 Å². The Morgan fingerprint density at radius 1 is 1.16 bits per heavy atom. The molecule has 0 saturated carbocycles. The third kappa shape index (κ3) is 4.10. The molecule has 0 radical (unpaired) electrons. The largest absolute Gasteiger partial charge is 0.503 e. The number of nitrogens with zero attached hydrogens (tertiary/aromatic N) is 3. The normalized spacial score (nSPS) is 23.7. The Balaban J connectivity index is 1.52. The Labute approximate surface area is 184 Å². The molecule has 9 nitrogen and oxygen atoms in total. The number of fused-ring (bicyclic) bond motifs is 2. The lowest BCUT2D eigenvalue weighted by molar-refractivity contribution is -0.151. The van der Waals surface area contributed by atoms with E-state index in [1.165, 1.54) is 31.2 Å². The number of amides is 2. The van der Waals surface area contributed by atoms with Crippen molar-refractivity contribution in [1.82, 2.24) is 20.0 Å². The summed E-state index contributed by atoms with van der Waals surface area (Å²) in [7, 11) is 0. The highest BCUT2D eigenvalue weighted by molar-refractivity contribution is 6.13. The van der Waals surface area contributed by atoms with Crippen molar-refractivity contribution in [2.45, 2.75) is 26.1 Å². The molecule has 3 aliphatic heterocycles. The molecule has 2 unspecified atom stereocenters. The third-order valence-corrected chi connectivity index (χ3v) is 6.09. The number of carbonyl (C=O) groups is 4. The van der Waals surface area contributed by atoms with Gasteiger partial charge in [0.15, 0.2) is 5.76 Å². The molecule has 0 aromatic heterocycles. The molecule has 2 saturated heterocycles. The lowest BCUT2D eigenvalue weighted by atomic mass is 9.92. The Hall–Kier alpha value is -3.27. The lowest BCUT2D eigenvalue weighted by Crippen LogP contribution is -2.67. The molecule has 2 atom stereocenters.